The first-order valence-electron chi connectivity index (χ1n) is 6.30. The van der Waals surface area contributed by atoms with E-state index in [2.05, 4.69) is 15.3 Å². The number of phenolic OH excluding ortho intramolecular Hbond substituents is 1. The Morgan fingerprint density at radius 1 is 1.29 bits per heavy atom. The number of amides is 1. The third kappa shape index (κ3) is 2.51. The summed E-state index contributed by atoms with van der Waals surface area (Å²) in [5, 5.41) is 13.2. The molecule has 3 aromatic rings. The fraction of sp³-hybridized carbons (Fsp3) is 0.0667. The third-order valence-electron chi connectivity index (χ3n) is 3.08. The molecule has 0 fully saturated rings. The van der Waals surface area contributed by atoms with E-state index in [4.69, 9.17) is 4.74 Å². The highest BCUT2D eigenvalue weighted by atomic mass is 16.5. The Bertz CT molecular complexity index is 811. The lowest BCUT2D eigenvalue weighted by Gasteiger charge is -2.08. The van der Waals surface area contributed by atoms with Gasteiger partial charge in [0.05, 0.1) is 7.11 Å². The van der Waals surface area contributed by atoms with Crippen LogP contribution in [0.15, 0.2) is 42.6 Å². The Hall–Kier alpha value is -3.02. The van der Waals surface area contributed by atoms with Crippen molar-refractivity contribution < 1.29 is 14.6 Å². The number of nitrogens with one attached hydrogen (secondary N) is 2. The highest BCUT2D eigenvalue weighted by Gasteiger charge is 2.10. The van der Waals surface area contributed by atoms with E-state index in [-0.39, 0.29) is 11.7 Å². The summed E-state index contributed by atoms with van der Waals surface area (Å²) in [6, 6.07) is 9.95. The third-order valence-corrected chi connectivity index (χ3v) is 3.08. The molecule has 0 saturated heterocycles. The number of rotatable bonds is 3. The lowest BCUT2D eigenvalue weighted by atomic mass is 10.2. The molecule has 0 radical (unpaired) electrons. The van der Waals surface area contributed by atoms with E-state index in [0.717, 1.165) is 5.39 Å². The van der Waals surface area contributed by atoms with Gasteiger partial charge in [-0.15, -0.1) is 0 Å². The van der Waals surface area contributed by atoms with E-state index < -0.39 is 0 Å². The van der Waals surface area contributed by atoms with Crippen molar-refractivity contribution in [2.75, 3.05) is 12.4 Å². The van der Waals surface area contributed by atoms with Gasteiger partial charge in [0, 0.05) is 23.3 Å². The molecule has 2 heterocycles. The summed E-state index contributed by atoms with van der Waals surface area (Å²) in [7, 11) is 1.45. The van der Waals surface area contributed by atoms with Crippen LogP contribution in [0.3, 0.4) is 0 Å². The molecule has 0 atom stereocenters. The molecule has 0 bridgehead atoms. The molecule has 0 aliphatic rings. The van der Waals surface area contributed by atoms with Crippen molar-refractivity contribution in [1.29, 1.82) is 0 Å². The number of hydrogen-bond donors (Lipinski definition) is 3. The van der Waals surface area contributed by atoms with E-state index in [9.17, 15) is 9.90 Å². The molecule has 1 aromatic carbocycles. The highest BCUT2D eigenvalue weighted by molar-refractivity contribution is 6.04. The number of methoxy groups -OCH3 is 1. The summed E-state index contributed by atoms with van der Waals surface area (Å²) < 4.78 is 5.00. The molecule has 6 heteroatoms. The summed E-state index contributed by atoms with van der Waals surface area (Å²) in [4.78, 5) is 19.4. The number of carbonyl (C=O) groups is 1. The second-order valence-corrected chi connectivity index (χ2v) is 4.45. The number of aromatic amines is 1. The fourth-order valence-corrected chi connectivity index (χ4v) is 2.01. The Labute approximate surface area is 120 Å². The zero-order chi connectivity index (χ0) is 14.8. The lowest BCUT2D eigenvalue weighted by Crippen LogP contribution is -2.13. The number of nitrogens with zero attached hydrogens (tertiary/aromatic N) is 1. The standard InChI is InChI=1S/C15H13N3O3/c1-21-13-8-10(3-5-12(13)19)17-15(20)11-4-2-9-6-7-16-14(9)18-11/h2-8,19H,1H3,(H,16,18)(H,17,20). The molecule has 1 amide bonds. The molecular formula is C15H13N3O3. The van der Waals surface area contributed by atoms with Gasteiger partial charge >= 0.3 is 0 Å². The minimum atomic E-state index is -0.334. The van der Waals surface area contributed by atoms with E-state index in [1.54, 1.807) is 24.4 Å². The van der Waals surface area contributed by atoms with Crippen LogP contribution in [0.1, 0.15) is 10.5 Å². The van der Waals surface area contributed by atoms with Gasteiger partial charge in [-0.2, -0.15) is 0 Å². The van der Waals surface area contributed by atoms with Gasteiger partial charge in [-0.1, -0.05) is 0 Å². The number of carbonyl (C=O) groups excluding carboxylic acids is 1. The van der Waals surface area contributed by atoms with E-state index in [1.807, 2.05) is 12.1 Å². The van der Waals surface area contributed by atoms with Crippen molar-refractivity contribution in [3.63, 3.8) is 0 Å². The predicted octanol–water partition coefficient (Wildman–Crippen LogP) is 2.53. The molecule has 0 unspecified atom stereocenters. The molecule has 6 nitrogen and oxygen atoms in total. The summed E-state index contributed by atoms with van der Waals surface area (Å²) in [5.74, 6) is -0.0266. The lowest BCUT2D eigenvalue weighted by molar-refractivity contribution is 0.102. The van der Waals surface area contributed by atoms with Crippen LogP contribution in [0.2, 0.25) is 0 Å². The van der Waals surface area contributed by atoms with Crippen LogP contribution in [-0.4, -0.2) is 28.1 Å². The van der Waals surface area contributed by atoms with Gasteiger partial charge in [0.2, 0.25) is 0 Å². The SMILES string of the molecule is COc1cc(NC(=O)c2ccc3cc[nH]c3n2)ccc1O. The summed E-state index contributed by atoms with van der Waals surface area (Å²) in [6.07, 6.45) is 1.77. The van der Waals surface area contributed by atoms with Crippen LogP contribution >= 0.6 is 0 Å². The maximum atomic E-state index is 12.2. The van der Waals surface area contributed by atoms with Gasteiger partial charge in [-0.25, -0.2) is 4.98 Å². The summed E-state index contributed by atoms with van der Waals surface area (Å²) in [5.41, 5.74) is 1.48. The maximum absolute atomic E-state index is 12.2. The fourth-order valence-electron chi connectivity index (χ4n) is 2.01. The molecule has 106 valence electrons. The summed E-state index contributed by atoms with van der Waals surface area (Å²) in [6.45, 7) is 0. The Balaban J connectivity index is 1.85. The minimum absolute atomic E-state index is 0.0152. The number of aromatic nitrogens is 2. The molecule has 0 spiro atoms. The van der Waals surface area contributed by atoms with Gasteiger partial charge in [0.25, 0.3) is 5.91 Å². The van der Waals surface area contributed by atoms with Crippen LogP contribution in [0.4, 0.5) is 5.69 Å². The number of aromatic hydroxyl groups is 1. The van der Waals surface area contributed by atoms with Crippen molar-refractivity contribution in [3.8, 4) is 11.5 Å². The van der Waals surface area contributed by atoms with Gasteiger partial charge in [-0.3, -0.25) is 4.79 Å². The maximum Gasteiger partial charge on any atom is 0.274 e. The normalized spacial score (nSPS) is 10.5. The molecule has 3 N–H and O–H groups in total. The Morgan fingerprint density at radius 3 is 2.95 bits per heavy atom. The number of hydrogen-bond acceptors (Lipinski definition) is 4. The zero-order valence-electron chi connectivity index (χ0n) is 11.3. The van der Waals surface area contributed by atoms with Crippen molar-refractivity contribution in [1.82, 2.24) is 9.97 Å². The molecule has 0 aliphatic carbocycles. The second kappa shape index (κ2) is 5.16. The Kier molecular flexibility index (Phi) is 3.19. The number of fused-ring (bicyclic) bond motifs is 1. The molecule has 0 saturated carbocycles. The monoisotopic (exact) mass is 283 g/mol. The highest BCUT2D eigenvalue weighted by Crippen LogP contribution is 2.28. The largest absolute Gasteiger partial charge is 0.504 e. The molecule has 0 aliphatic heterocycles. The number of phenols is 1. The summed E-state index contributed by atoms with van der Waals surface area (Å²) >= 11 is 0. The number of anilines is 1. The number of benzene rings is 1. The van der Waals surface area contributed by atoms with Crippen LogP contribution in [0.5, 0.6) is 11.5 Å². The zero-order valence-corrected chi connectivity index (χ0v) is 11.3. The molecule has 21 heavy (non-hydrogen) atoms. The van der Waals surface area contributed by atoms with Crippen molar-refractivity contribution in [2.45, 2.75) is 0 Å². The van der Waals surface area contributed by atoms with Crippen molar-refractivity contribution in [3.05, 3.63) is 48.3 Å². The number of pyridine rings is 1. The van der Waals surface area contributed by atoms with Crippen LogP contribution in [-0.2, 0) is 0 Å². The van der Waals surface area contributed by atoms with E-state index in [1.165, 1.54) is 13.2 Å². The van der Waals surface area contributed by atoms with Gasteiger partial charge in [0.1, 0.15) is 11.3 Å². The van der Waals surface area contributed by atoms with Crippen molar-refractivity contribution >= 4 is 22.6 Å². The van der Waals surface area contributed by atoms with Gasteiger partial charge in [-0.05, 0) is 30.3 Å². The molecule has 3 rings (SSSR count). The predicted molar refractivity (Wildman–Crippen MR) is 78.7 cm³/mol. The second-order valence-electron chi connectivity index (χ2n) is 4.45. The van der Waals surface area contributed by atoms with Crippen molar-refractivity contribution in [2.24, 2.45) is 0 Å². The van der Waals surface area contributed by atoms with Crippen LogP contribution < -0.4 is 10.1 Å². The first-order chi connectivity index (χ1) is 10.2. The average molecular weight is 283 g/mol. The number of ether oxygens (including phenoxy) is 1. The topological polar surface area (TPSA) is 87.2 Å². The Morgan fingerprint density at radius 2 is 2.14 bits per heavy atom. The van der Waals surface area contributed by atoms with Gasteiger partial charge in [0.15, 0.2) is 11.5 Å². The minimum Gasteiger partial charge on any atom is -0.504 e. The smallest absolute Gasteiger partial charge is 0.274 e. The van der Waals surface area contributed by atoms with E-state index >= 15 is 0 Å². The van der Waals surface area contributed by atoms with E-state index in [0.29, 0.717) is 22.8 Å². The number of H-pyrrole nitrogens is 1. The quantitative estimate of drug-likeness (QED) is 0.645. The van der Waals surface area contributed by atoms with Gasteiger partial charge < -0.3 is 20.1 Å². The average Bonchev–Trinajstić information content (AvgIpc) is 2.96. The molecular weight excluding hydrogens is 270 g/mol. The van der Waals surface area contributed by atoms with Crippen LogP contribution in [0.25, 0.3) is 11.0 Å². The first-order valence-corrected chi connectivity index (χ1v) is 6.30. The van der Waals surface area contributed by atoms with Crippen LogP contribution in [0, 0.1) is 0 Å². The first kappa shape index (κ1) is 13.0. The molecule has 2 aromatic heterocycles.